The molecule has 0 bridgehead atoms. The van der Waals surface area contributed by atoms with Crippen LogP contribution in [0, 0.1) is 11.7 Å². The van der Waals surface area contributed by atoms with Gasteiger partial charge >= 0.3 is 0 Å². The van der Waals surface area contributed by atoms with Gasteiger partial charge in [-0.25, -0.2) is 4.39 Å². The Hall–Kier alpha value is -1.70. The van der Waals surface area contributed by atoms with Gasteiger partial charge < -0.3 is 20.4 Å². The van der Waals surface area contributed by atoms with E-state index in [1.807, 2.05) is 4.90 Å². The molecule has 2 saturated heterocycles. The molecule has 156 valence electrons. The molecule has 2 aliphatic rings. The molecule has 28 heavy (non-hydrogen) atoms. The van der Waals surface area contributed by atoms with Gasteiger partial charge in [0.05, 0.1) is 0 Å². The molecular formula is C20H30ClFN4O2. The summed E-state index contributed by atoms with van der Waals surface area (Å²) in [7, 11) is 0. The largest absolute Gasteiger partial charge is 0.352 e. The van der Waals surface area contributed by atoms with Crippen molar-refractivity contribution in [3.8, 4) is 0 Å². The molecule has 1 aromatic carbocycles. The molecule has 0 saturated carbocycles. The van der Waals surface area contributed by atoms with E-state index in [1.165, 1.54) is 12.1 Å². The van der Waals surface area contributed by atoms with E-state index in [0.717, 1.165) is 64.2 Å². The number of rotatable bonds is 6. The molecule has 0 radical (unpaired) electrons. The van der Waals surface area contributed by atoms with Gasteiger partial charge in [0.15, 0.2) is 0 Å². The van der Waals surface area contributed by atoms with E-state index in [0.29, 0.717) is 13.0 Å². The van der Waals surface area contributed by atoms with Crippen LogP contribution in [0.15, 0.2) is 24.3 Å². The van der Waals surface area contributed by atoms with Crippen molar-refractivity contribution in [3.63, 3.8) is 0 Å². The average molecular weight is 413 g/mol. The Kier molecular flexibility index (Phi) is 9.15. The highest BCUT2D eigenvalue weighted by atomic mass is 35.5. The minimum absolute atomic E-state index is 0. The number of benzene rings is 1. The van der Waals surface area contributed by atoms with Crippen LogP contribution in [-0.4, -0.2) is 67.4 Å². The fourth-order valence-corrected chi connectivity index (χ4v) is 3.68. The van der Waals surface area contributed by atoms with Crippen molar-refractivity contribution in [1.29, 1.82) is 0 Å². The molecule has 2 aliphatic heterocycles. The predicted octanol–water partition coefficient (Wildman–Crippen LogP) is 1.40. The number of carbonyl (C=O) groups excluding carboxylic acids is 2. The second kappa shape index (κ2) is 11.3. The van der Waals surface area contributed by atoms with Crippen molar-refractivity contribution < 1.29 is 14.0 Å². The number of hydrogen-bond donors (Lipinski definition) is 2. The van der Waals surface area contributed by atoms with E-state index in [4.69, 9.17) is 0 Å². The van der Waals surface area contributed by atoms with Gasteiger partial charge in [-0.2, -0.15) is 0 Å². The van der Waals surface area contributed by atoms with Gasteiger partial charge in [0.1, 0.15) is 5.82 Å². The minimum atomic E-state index is -0.270. The second-order valence-corrected chi connectivity index (χ2v) is 7.34. The topological polar surface area (TPSA) is 64.7 Å². The van der Waals surface area contributed by atoms with Crippen LogP contribution < -0.4 is 10.6 Å². The maximum absolute atomic E-state index is 12.9. The summed E-state index contributed by atoms with van der Waals surface area (Å²) in [6.45, 7) is 6.26. The van der Waals surface area contributed by atoms with Crippen molar-refractivity contribution in [2.45, 2.75) is 25.8 Å². The molecule has 2 heterocycles. The van der Waals surface area contributed by atoms with Crippen molar-refractivity contribution in [2.24, 2.45) is 5.92 Å². The first-order valence-corrected chi connectivity index (χ1v) is 9.85. The van der Waals surface area contributed by atoms with E-state index in [2.05, 4.69) is 15.5 Å². The van der Waals surface area contributed by atoms with Crippen LogP contribution >= 0.6 is 12.4 Å². The highest BCUT2D eigenvalue weighted by Gasteiger charge is 2.25. The first-order valence-electron chi connectivity index (χ1n) is 9.85. The molecule has 1 aromatic rings. The van der Waals surface area contributed by atoms with Gasteiger partial charge in [-0.1, -0.05) is 12.1 Å². The molecule has 0 aromatic heterocycles. The Bertz CT molecular complexity index is 630. The molecule has 3 rings (SSSR count). The van der Waals surface area contributed by atoms with Gasteiger partial charge in [-0.3, -0.25) is 9.59 Å². The van der Waals surface area contributed by atoms with E-state index < -0.39 is 0 Å². The molecule has 0 aliphatic carbocycles. The normalized spacial score (nSPS) is 18.4. The SMILES string of the molecule is Cl.O=C(NCc1ccc(F)cc1)C1CCN(CCC(=O)N2CCNCC2)CC1. The van der Waals surface area contributed by atoms with E-state index >= 15 is 0 Å². The van der Waals surface area contributed by atoms with Crippen LogP contribution in [0.2, 0.25) is 0 Å². The van der Waals surface area contributed by atoms with Crippen LogP contribution in [0.25, 0.3) is 0 Å². The highest BCUT2D eigenvalue weighted by molar-refractivity contribution is 5.85. The third-order valence-electron chi connectivity index (χ3n) is 5.45. The summed E-state index contributed by atoms with van der Waals surface area (Å²) in [6.07, 6.45) is 2.19. The zero-order valence-corrected chi connectivity index (χ0v) is 17.0. The monoisotopic (exact) mass is 412 g/mol. The summed E-state index contributed by atoms with van der Waals surface area (Å²) in [5.74, 6) is 0.0463. The average Bonchev–Trinajstić information content (AvgIpc) is 2.72. The summed E-state index contributed by atoms with van der Waals surface area (Å²) >= 11 is 0. The standard InChI is InChI=1S/C20H29FN4O2.ClH/c21-18-3-1-16(2-4-18)15-23-20(27)17-5-10-24(11-6-17)12-7-19(26)25-13-8-22-9-14-25;/h1-4,17,22H,5-15H2,(H,23,27);1H. The highest BCUT2D eigenvalue weighted by Crippen LogP contribution is 2.18. The van der Waals surface area contributed by atoms with Crippen molar-refractivity contribution in [1.82, 2.24) is 20.4 Å². The molecular weight excluding hydrogens is 383 g/mol. The van der Waals surface area contributed by atoms with Crippen molar-refractivity contribution in [2.75, 3.05) is 45.8 Å². The van der Waals surface area contributed by atoms with Crippen LogP contribution in [0.1, 0.15) is 24.8 Å². The molecule has 2 amide bonds. The lowest BCUT2D eigenvalue weighted by Gasteiger charge is -2.32. The zero-order valence-electron chi connectivity index (χ0n) is 16.2. The number of piperidine rings is 1. The maximum Gasteiger partial charge on any atom is 0.223 e. The predicted molar refractivity (Wildman–Crippen MR) is 109 cm³/mol. The fraction of sp³-hybridized carbons (Fsp3) is 0.600. The second-order valence-electron chi connectivity index (χ2n) is 7.34. The summed E-state index contributed by atoms with van der Waals surface area (Å²) in [5.41, 5.74) is 0.897. The lowest BCUT2D eigenvalue weighted by atomic mass is 9.95. The quantitative estimate of drug-likeness (QED) is 0.741. The Labute approximate surface area is 172 Å². The number of amides is 2. The molecule has 8 heteroatoms. The molecule has 2 fully saturated rings. The smallest absolute Gasteiger partial charge is 0.223 e. The van der Waals surface area contributed by atoms with Crippen LogP contribution in [-0.2, 0) is 16.1 Å². The van der Waals surface area contributed by atoms with Crippen LogP contribution in [0.5, 0.6) is 0 Å². The molecule has 0 atom stereocenters. The van der Waals surface area contributed by atoms with E-state index in [1.54, 1.807) is 12.1 Å². The maximum atomic E-state index is 12.9. The first-order chi connectivity index (χ1) is 13.1. The van der Waals surface area contributed by atoms with Gasteiger partial charge in [0.2, 0.25) is 11.8 Å². The van der Waals surface area contributed by atoms with E-state index in [9.17, 15) is 14.0 Å². The summed E-state index contributed by atoms with van der Waals surface area (Å²) in [6, 6.07) is 6.19. The Morgan fingerprint density at radius 3 is 2.36 bits per heavy atom. The third-order valence-corrected chi connectivity index (χ3v) is 5.45. The van der Waals surface area contributed by atoms with Gasteiger partial charge in [-0.05, 0) is 43.6 Å². The minimum Gasteiger partial charge on any atom is -0.352 e. The molecule has 6 nitrogen and oxygen atoms in total. The number of nitrogens with one attached hydrogen (secondary N) is 2. The van der Waals surface area contributed by atoms with Crippen molar-refractivity contribution >= 4 is 24.2 Å². The number of carbonyl (C=O) groups is 2. The number of piperazine rings is 1. The number of halogens is 2. The molecule has 2 N–H and O–H groups in total. The van der Waals surface area contributed by atoms with Gasteiger partial charge in [0, 0.05) is 51.6 Å². The summed E-state index contributed by atoms with van der Waals surface area (Å²) in [5, 5.41) is 6.20. The fourth-order valence-electron chi connectivity index (χ4n) is 3.68. The third kappa shape index (κ3) is 6.72. The Morgan fingerprint density at radius 1 is 1.07 bits per heavy atom. The molecule has 0 spiro atoms. The summed E-state index contributed by atoms with van der Waals surface area (Å²) < 4.78 is 12.9. The lowest BCUT2D eigenvalue weighted by Crippen LogP contribution is -2.47. The number of hydrogen-bond acceptors (Lipinski definition) is 4. The van der Waals surface area contributed by atoms with Gasteiger partial charge in [-0.15, -0.1) is 12.4 Å². The summed E-state index contributed by atoms with van der Waals surface area (Å²) in [4.78, 5) is 28.8. The lowest BCUT2D eigenvalue weighted by molar-refractivity contribution is -0.132. The van der Waals surface area contributed by atoms with E-state index in [-0.39, 0.29) is 36.0 Å². The number of nitrogens with zero attached hydrogens (tertiary/aromatic N) is 2. The Balaban J connectivity index is 0.00000280. The Morgan fingerprint density at radius 2 is 1.71 bits per heavy atom. The zero-order chi connectivity index (χ0) is 19.1. The first kappa shape index (κ1) is 22.6. The van der Waals surface area contributed by atoms with Crippen LogP contribution in [0.4, 0.5) is 4.39 Å². The molecule has 0 unspecified atom stereocenters. The van der Waals surface area contributed by atoms with Crippen molar-refractivity contribution in [3.05, 3.63) is 35.6 Å². The van der Waals surface area contributed by atoms with Gasteiger partial charge in [0.25, 0.3) is 0 Å². The van der Waals surface area contributed by atoms with Crippen LogP contribution in [0.3, 0.4) is 0 Å². The number of likely N-dealkylation sites (tertiary alicyclic amines) is 1.